The van der Waals surface area contributed by atoms with Crippen molar-refractivity contribution in [2.45, 2.75) is 26.3 Å². The lowest BCUT2D eigenvalue weighted by Crippen LogP contribution is -2.31. The van der Waals surface area contributed by atoms with Gasteiger partial charge in [-0.1, -0.05) is 54.1 Å². The summed E-state index contributed by atoms with van der Waals surface area (Å²) in [7, 11) is 0. The van der Waals surface area contributed by atoms with Crippen LogP contribution in [0.25, 0.3) is 11.0 Å². The first kappa shape index (κ1) is 21.0. The van der Waals surface area contributed by atoms with Crippen LogP contribution in [0, 0.1) is 6.92 Å². The van der Waals surface area contributed by atoms with Crippen molar-refractivity contribution in [2.24, 2.45) is 0 Å². The molecule has 0 radical (unpaired) electrons. The number of rotatable bonds is 6. The van der Waals surface area contributed by atoms with E-state index in [0.717, 1.165) is 22.4 Å². The molecule has 33 heavy (non-hydrogen) atoms. The molecule has 0 N–H and O–H groups in total. The van der Waals surface area contributed by atoms with Gasteiger partial charge in [0.15, 0.2) is 5.43 Å². The Morgan fingerprint density at radius 1 is 0.970 bits per heavy atom. The van der Waals surface area contributed by atoms with Crippen molar-refractivity contribution in [3.63, 3.8) is 0 Å². The van der Waals surface area contributed by atoms with E-state index in [0.29, 0.717) is 36.1 Å². The van der Waals surface area contributed by atoms with Crippen LogP contribution in [0.1, 0.15) is 45.8 Å². The molecular formula is C28H25NO4. The molecule has 1 atom stereocenters. The molecule has 1 aromatic heterocycles. The zero-order chi connectivity index (χ0) is 22.9. The first-order valence-electron chi connectivity index (χ1n) is 11.2. The van der Waals surface area contributed by atoms with E-state index in [1.807, 2.05) is 80.6 Å². The number of amides is 1. The van der Waals surface area contributed by atoms with Gasteiger partial charge in [-0.05, 0) is 55.7 Å². The Morgan fingerprint density at radius 3 is 2.45 bits per heavy atom. The van der Waals surface area contributed by atoms with Crippen LogP contribution >= 0.6 is 0 Å². The monoisotopic (exact) mass is 439 g/mol. The summed E-state index contributed by atoms with van der Waals surface area (Å²) in [4.78, 5) is 28.9. The molecule has 4 aromatic rings. The molecule has 3 aromatic carbocycles. The molecule has 5 rings (SSSR count). The van der Waals surface area contributed by atoms with Crippen molar-refractivity contribution < 1.29 is 13.9 Å². The Balaban J connectivity index is 1.62. The minimum absolute atomic E-state index is 0.142. The summed E-state index contributed by atoms with van der Waals surface area (Å²) in [6.07, 6.45) is 0.681. The SMILES string of the molecule is CCOc1ccc(C2c3c(oc4ccc(C)cc4c3=O)C(=O)N2CCc2ccccc2)cc1. The Labute approximate surface area is 192 Å². The molecule has 0 aliphatic carbocycles. The molecule has 1 unspecified atom stereocenters. The van der Waals surface area contributed by atoms with E-state index in [9.17, 15) is 9.59 Å². The molecule has 5 nitrogen and oxygen atoms in total. The summed E-state index contributed by atoms with van der Waals surface area (Å²) >= 11 is 0. The third-order valence-electron chi connectivity index (χ3n) is 6.11. The third-order valence-corrected chi connectivity index (χ3v) is 6.11. The number of nitrogens with zero attached hydrogens (tertiary/aromatic N) is 1. The lowest BCUT2D eigenvalue weighted by Gasteiger charge is -2.25. The van der Waals surface area contributed by atoms with Crippen molar-refractivity contribution in [3.05, 3.63) is 111 Å². The molecule has 0 saturated carbocycles. The van der Waals surface area contributed by atoms with E-state index < -0.39 is 6.04 Å². The fourth-order valence-electron chi connectivity index (χ4n) is 4.52. The number of carbonyl (C=O) groups excluding carboxylic acids is 1. The Morgan fingerprint density at radius 2 is 1.73 bits per heavy atom. The van der Waals surface area contributed by atoms with E-state index in [1.165, 1.54) is 0 Å². The zero-order valence-electron chi connectivity index (χ0n) is 18.7. The second-order valence-corrected chi connectivity index (χ2v) is 8.31. The minimum Gasteiger partial charge on any atom is -0.494 e. The topological polar surface area (TPSA) is 59.8 Å². The van der Waals surface area contributed by atoms with E-state index in [1.54, 1.807) is 11.0 Å². The molecule has 2 heterocycles. The first-order chi connectivity index (χ1) is 16.1. The smallest absolute Gasteiger partial charge is 0.290 e. The van der Waals surface area contributed by atoms with Gasteiger partial charge in [0.05, 0.1) is 23.6 Å². The molecule has 1 amide bonds. The highest BCUT2D eigenvalue weighted by molar-refractivity contribution is 5.99. The van der Waals surface area contributed by atoms with Gasteiger partial charge in [-0.15, -0.1) is 0 Å². The maximum absolute atomic E-state index is 13.6. The Hall–Kier alpha value is -3.86. The second kappa shape index (κ2) is 8.58. The molecular weight excluding hydrogens is 414 g/mol. The van der Waals surface area contributed by atoms with Crippen LogP contribution in [0.3, 0.4) is 0 Å². The number of hydrogen-bond acceptors (Lipinski definition) is 4. The summed E-state index contributed by atoms with van der Waals surface area (Å²) in [6.45, 7) is 4.92. The van der Waals surface area contributed by atoms with E-state index in [4.69, 9.17) is 9.15 Å². The highest BCUT2D eigenvalue weighted by Crippen LogP contribution is 2.38. The maximum Gasteiger partial charge on any atom is 0.290 e. The molecule has 1 aliphatic rings. The Bertz CT molecular complexity index is 1370. The van der Waals surface area contributed by atoms with Crippen molar-refractivity contribution in [3.8, 4) is 5.75 Å². The molecule has 0 spiro atoms. The van der Waals surface area contributed by atoms with E-state index >= 15 is 0 Å². The van der Waals surface area contributed by atoms with Gasteiger partial charge < -0.3 is 14.1 Å². The zero-order valence-corrected chi connectivity index (χ0v) is 18.7. The lowest BCUT2D eigenvalue weighted by molar-refractivity contribution is 0.0730. The molecule has 166 valence electrons. The fraction of sp³-hybridized carbons (Fsp3) is 0.214. The maximum atomic E-state index is 13.6. The quantitative estimate of drug-likeness (QED) is 0.410. The van der Waals surface area contributed by atoms with Gasteiger partial charge in [-0.25, -0.2) is 0 Å². The first-order valence-corrected chi connectivity index (χ1v) is 11.2. The van der Waals surface area contributed by atoms with Crippen molar-refractivity contribution in [1.82, 2.24) is 4.90 Å². The van der Waals surface area contributed by atoms with Gasteiger partial charge in [0, 0.05) is 6.54 Å². The third kappa shape index (κ3) is 3.80. The van der Waals surface area contributed by atoms with Crippen LogP contribution in [0.15, 0.2) is 82.0 Å². The standard InChI is InChI=1S/C28H25NO4/c1-3-32-21-12-10-20(11-13-21)25-24-26(30)22-17-18(2)9-14-23(22)33-27(24)28(31)29(25)16-15-19-7-5-4-6-8-19/h4-14,17,25H,3,15-16H2,1-2H3. The van der Waals surface area contributed by atoms with Gasteiger partial charge in [0.1, 0.15) is 11.3 Å². The number of ether oxygens (including phenoxy) is 1. The molecule has 0 saturated heterocycles. The highest BCUT2D eigenvalue weighted by atomic mass is 16.5. The summed E-state index contributed by atoms with van der Waals surface area (Å²) in [5.41, 5.74) is 3.66. The van der Waals surface area contributed by atoms with Gasteiger partial charge in [0.25, 0.3) is 5.91 Å². The molecule has 5 heteroatoms. The fourth-order valence-corrected chi connectivity index (χ4v) is 4.52. The predicted octanol–water partition coefficient (Wildman–Crippen LogP) is 5.29. The number of hydrogen-bond donors (Lipinski definition) is 0. The van der Waals surface area contributed by atoms with Gasteiger partial charge in [-0.2, -0.15) is 0 Å². The van der Waals surface area contributed by atoms with Crippen LogP contribution in [0.4, 0.5) is 0 Å². The molecule has 0 fully saturated rings. The van der Waals surface area contributed by atoms with Crippen LogP contribution < -0.4 is 10.2 Å². The molecule has 1 aliphatic heterocycles. The van der Waals surface area contributed by atoms with E-state index in [2.05, 4.69) is 0 Å². The number of aryl methyl sites for hydroxylation is 1. The molecule has 0 bridgehead atoms. The summed E-state index contributed by atoms with van der Waals surface area (Å²) < 4.78 is 11.6. The largest absolute Gasteiger partial charge is 0.494 e. The normalized spacial score (nSPS) is 15.2. The van der Waals surface area contributed by atoms with Crippen LogP contribution in [0.2, 0.25) is 0 Å². The van der Waals surface area contributed by atoms with Crippen molar-refractivity contribution in [2.75, 3.05) is 13.2 Å². The Kier molecular flexibility index (Phi) is 5.47. The van der Waals surface area contributed by atoms with Crippen LogP contribution in [-0.2, 0) is 6.42 Å². The van der Waals surface area contributed by atoms with Crippen molar-refractivity contribution >= 4 is 16.9 Å². The average Bonchev–Trinajstić information content (AvgIpc) is 3.11. The summed E-state index contributed by atoms with van der Waals surface area (Å²) in [5.74, 6) is 0.644. The summed E-state index contributed by atoms with van der Waals surface area (Å²) in [6, 6.07) is 22.6. The van der Waals surface area contributed by atoms with Crippen LogP contribution in [-0.4, -0.2) is 24.0 Å². The van der Waals surface area contributed by atoms with Gasteiger partial charge >= 0.3 is 0 Å². The minimum atomic E-state index is -0.506. The second-order valence-electron chi connectivity index (χ2n) is 8.31. The summed E-state index contributed by atoms with van der Waals surface area (Å²) in [5, 5.41) is 0.502. The number of carbonyl (C=O) groups is 1. The van der Waals surface area contributed by atoms with Crippen molar-refractivity contribution in [1.29, 1.82) is 0 Å². The lowest BCUT2D eigenvalue weighted by atomic mass is 9.98. The number of fused-ring (bicyclic) bond motifs is 2. The number of benzene rings is 3. The van der Waals surface area contributed by atoms with E-state index in [-0.39, 0.29) is 17.1 Å². The van der Waals surface area contributed by atoms with Gasteiger partial charge in [0.2, 0.25) is 5.76 Å². The van der Waals surface area contributed by atoms with Gasteiger partial charge in [-0.3, -0.25) is 9.59 Å². The average molecular weight is 440 g/mol. The van der Waals surface area contributed by atoms with Crippen LogP contribution in [0.5, 0.6) is 5.75 Å². The highest BCUT2D eigenvalue weighted by Gasteiger charge is 2.42. The predicted molar refractivity (Wildman–Crippen MR) is 128 cm³/mol.